The molecule has 1 rings (SSSR count). The molecule has 1 aliphatic carbocycles. The lowest BCUT2D eigenvalue weighted by atomic mass is 10.1. The summed E-state index contributed by atoms with van der Waals surface area (Å²) in [4.78, 5) is 0. The van der Waals surface area contributed by atoms with E-state index >= 15 is 0 Å². The summed E-state index contributed by atoms with van der Waals surface area (Å²) in [5.74, 6) is 0.272. The van der Waals surface area contributed by atoms with Crippen LogP contribution in [0, 0.1) is 11.3 Å². The molecule has 0 spiro atoms. The maximum Gasteiger partial charge on any atom is 0.128 e. The fourth-order valence-corrected chi connectivity index (χ4v) is 2.08. The predicted octanol–water partition coefficient (Wildman–Crippen LogP) is 1.77. The summed E-state index contributed by atoms with van der Waals surface area (Å²) >= 11 is 11.8. The van der Waals surface area contributed by atoms with Gasteiger partial charge in [-0.2, -0.15) is 0 Å². The van der Waals surface area contributed by atoms with E-state index in [0.717, 1.165) is 0 Å². The molecule has 1 atom stereocenters. The van der Waals surface area contributed by atoms with Crippen molar-refractivity contribution in [2.24, 2.45) is 17.1 Å². The van der Waals surface area contributed by atoms with Gasteiger partial charge in [0.2, 0.25) is 0 Å². The Morgan fingerprint density at radius 1 is 1.44 bits per heavy atom. The summed E-state index contributed by atoms with van der Waals surface area (Å²) in [6, 6.07) is 0. The minimum absolute atomic E-state index is 0.0187. The summed E-state index contributed by atoms with van der Waals surface area (Å²) in [7, 11) is 0. The highest BCUT2D eigenvalue weighted by Crippen LogP contribution is 2.68. The molecule has 1 saturated carbocycles. The zero-order valence-electron chi connectivity index (χ0n) is 5.62. The number of hydrogen-bond acceptors (Lipinski definition) is 1. The van der Waals surface area contributed by atoms with Crippen molar-refractivity contribution in [3.05, 3.63) is 0 Å². The molecule has 0 aromatic rings. The van der Waals surface area contributed by atoms with E-state index in [1.54, 1.807) is 0 Å². The van der Waals surface area contributed by atoms with Crippen molar-refractivity contribution in [3.8, 4) is 0 Å². The van der Waals surface area contributed by atoms with Gasteiger partial charge in [0.15, 0.2) is 0 Å². The van der Waals surface area contributed by atoms with E-state index in [4.69, 9.17) is 28.9 Å². The minimum Gasteiger partial charge on any atom is -0.330 e. The smallest absolute Gasteiger partial charge is 0.128 e. The third-order valence-electron chi connectivity index (χ3n) is 2.32. The third kappa shape index (κ3) is 0.787. The highest BCUT2D eigenvalue weighted by Gasteiger charge is 2.69. The monoisotopic (exact) mass is 167 g/mol. The highest BCUT2D eigenvalue weighted by atomic mass is 35.5. The lowest BCUT2D eigenvalue weighted by Crippen LogP contribution is -2.06. The average molecular weight is 168 g/mol. The van der Waals surface area contributed by atoms with Crippen LogP contribution in [0.1, 0.15) is 13.8 Å². The summed E-state index contributed by atoms with van der Waals surface area (Å²) in [6.45, 7) is 4.65. The molecule has 0 unspecified atom stereocenters. The molecule has 0 bridgehead atoms. The molecule has 0 aromatic heterocycles. The van der Waals surface area contributed by atoms with E-state index in [1.807, 2.05) is 13.8 Å². The van der Waals surface area contributed by atoms with Crippen LogP contribution >= 0.6 is 23.2 Å². The first-order valence-corrected chi connectivity index (χ1v) is 3.78. The summed E-state index contributed by atoms with van der Waals surface area (Å²) in [6.07, 6.45) is 0. The number of rotatable bonds is 1. The Balaban J connectivity index is 2.66. The van der Waals surface area contributed by atoms with Gasteiger partial charge in [-0.3, -0.25) is 0 Å². The molecule has 3 heteroatoms. The van der Waals surface area contributed by atoms with E-state index in [2.05, 4.69) is 0 Å². The van der Waals surface area contributed by atoms with Crippen LogP contribution < -0.4 is 5.73 Å². The lowest BCUT2D eigenvalue weighted by Gasteiger charge is -1.99. The van der Waals surface area contributed by atoms with Gasteiger partial charge in [-0.15, -0.1) is 23.2 Å². The molecule has 0 amide bonds. The topological polar surface area (TPSA) is 26.0 Å². The van der Waals surface area contributed by atoms with Crippen LogP contribution in [0.2, 0.25) is 0 Å². The maximum absolute atomic E-state index is 5.88. The lowest BCUT2D eigenvalue weighted by molar-refractivity contribution is 0.563. The maximum atomic E-state index is 5.88. The summed E-state index contributed by atoms with van der Waals surface area (Å²) in [5.41, 5.74) is 5.43. The molecule has 1 aliphatic rings. The van der Waals surface area contributed by atoms with Gasteiger partial charge in [0.05, 0.1) is 0 Å². The van der Waals surface area contributed by atoms with Gasteiger partial charge >= 0.3 is 0 Å². The molecule has 0 saturated heterocycles. The van der Waals surface area contributed by atoms with E-state index in [-0.39, 0.29) is 11.3 Å². The number of halogens is 2. The van der Waals surface area contributed by atoms with Gasteiger partial charge in [-0.1, -0.05) is 13.8 Å². The van der Waals surface area contributed by atoms with Crippen molar-refractivity contribution in [2.75, 3.05) is 6.54 Å². The zero-order chi connectivity index (χ0) is 7.28. The summed E-state index contributed by atoms with van der Waals surface area (Å²) < 4.78 is -0.568. The molecule has 0 radical (unpaired) electrons. The molecule has 54 valence electrons. The van der Waals surface area contributed by atoms with Crippen molar-refractivity contribution >= 4 is 23.2 Å². The predicted molar refractivity (Wildman–Crippen MR) is 40.8 cm³/mol. The van der Waals surface area contributed by atoms with Gasteiger partial charge in [0, 0.05) is 11.3 Å². The van der Waals surface area contributed by atoms with Crippen LogP contribution in [0.4, 0.5) is 0 Å². The van der Waals surface area contributed by atoms with Crippen LogP contribution in [-0.4, -0.2) is 10.9 Å². The van der Waals surface area contributed by atoms with Crippen LogP contribution in [0.25, 0.3) is 0 Å². The second-order valence-electron chi connectivity index (χ2n) is 3.13. The largest absolute Gasteiger partial charge is 0.330 e. The minimum atomic E-state index is -0.568. The molecule has 1 fully saturated rings. The first kappa shape index (κ1) is 7.64. The fourth-order valence-electron chi connectivity index (χ4n) is 1.20. The second kappa shape index (κ2) is 1.77. The molecule has 9 heavy (non-hydrogen) atoms. The normalized spacial score (nSPS) is 36.3. The van der Waals surface area contributed by atoms with Gasteiger partial charge in [0.1, 0.15) is 4.33 Å². The van der Waals surface area contributed by atoms with Crippen LogP contribution in [0.3, 0.4) is 0 Å². The van der Waals surface area contributed by atoms with Crippen LogP contribution in [-0.2, 0) is 0 Å². The van der Waals surface area contributed by atoms with Crippen LogP contribution in [0.5, 0.6) is 0 Å². The van der Waals surface area contributed by atoms with Gasteiger partial charge in [-0.25, -0.2) is 0 Å². The molecule has 0 heterocycles. The zero-order valence-corrected chi connectivity index (χ0v) is 7.13. The van der Waals surface area contributed by atoms with E-state index in [9.17, 15) is 0 Å². The first-order valence-electron chi connectivity index (χ1n) is 3.02. The Hall–Kier alpha value is 0.540. The quantitative estimate of drug-likeness (QED) is 0.593. The van der Waals surface area contributed by atoms with Crippen molar-refractivity contribution in [2.45, 2.75) is 18.2 Å². The summed E-state index contributed by atoms with van der Waals surface area (Å²) in [5, 5.41) is 0. The van der Waals surface area contributed by atoms with Crippen molar-refractivity contribution in [1.82, 2.24) is 0 Å². The standard InChI is InChI=1S/C6H11Cl2N/c1-5(2)4(3-9)6(5,7)8/h4H,3,9H2,1-2H3/t4-/m1/s1. The van der Waals surface area contributed by atoms with Crippen molar-refractivity contribution in [1.29, 1.82) is 0 Å². The van der Waals surface area contributed by atoms with E-state index in [0.29, 0.717) is 6.54 Å². The van der Waals surface area contributed by atoms with Crippen molar-refractivity contribution in [3.63, 3.8) is 0 Å². The fraction of sp³-hybridized carbons (Fsp3) is 1.00. The first-order chi connectivity index (χ1) is 3.94. The Kier molecular flexibility index (Phi) is 1.51. The molecule has 0 aliphatic heterocycles. The number of hydrogen-bond donors (Lipinski definition) is 1. The Bertz CT molecular complexity index is 117. The van der Waals surface area contributed by atoms with Gasteiger partial charge in [0.25, 0.3) is 0 Å². The SMILES string of the molecule is CC1(C)[C@@H](CN)C1(Cl)Cl. The van der Waals surface area contributed by atoms with Gasteiger partial charge < -0.3 is 5.73 Å². The van der Waals surface area contributed by atoms with E-state index < -0.39 is 4.33 Å². The molecule has 0 aromatic carbocycles. The Labute approximate surface area is 65.5 Å². The highest BCUT2D eigenvalue weighted by molar-refractivity contribution is 6.51. The van der Waals surface area contributed by atoms with E-state index in [1.165, 1.54) is 0 Å². The molecule has 1 nitrogen and oxygen atoms in total. The van der Waals surface area contributed by atoms with Crippen LogP contribution in [0.15, 0.2) is 0 Å². The molecule has 2 N–H and O–H groups in total. The van der Waals surface area contributed by atoms with Crippen molar-refractivity contribution < 1.29 is 0 Å². The van der Waals surface area contributed by atoms with Gasteiger partial charge in [-0.05, 0) is 6.54 Å². The second-order valence-corrected chi connectivity index (χ2v) is 4.52. The Morgan fingerprint density at radius 2 is 1.78 bits per heavy atom. The molecular weight excluding hydrogens is 157 g/mol. The third-order valence-corrected chi connectivity index (χ3v) is 3.82. The number of nitrogens with two attached hydrogens (primary N) is 1. The number of alkyl halides is 2. The molecular formula is C6H11Cl2N. The Morgan fingerprint density at radius 3 is 1.78 bits per heavy atom. The average Bonchev–Trinajstić information content (AvgIpc) is 2.00.